The third-order valence-corrected chi connectivity index (χ3v) is 4.84. The molecule has 2 heterocycles. The van der Waals surface area contributed by atoms with Crippen molar-refractivity contribution in [2.24, 2.45) is 5.73 Å². The Hall–Kier alpha value is -0.720. The fraction of sp³-hybridized carbons (Fsp3) is 0.556. The molecule has 90 valence electrons. The first-order valence-electron chi connectivity index (χ1n) is 4.86. The molecule has 1 aromatic rings. The van der Waals surface area contributed by atoms with Crippen LogP contribution in [0.2, 0.25) is 0 Å². The van der Waals surface area contributed by atoms with E-state index in [-0.39, 0.29) is 24.7 Å². The fourth-order valence-corrected chi connectivity index (χ4v) is 3.72. The summed E-state index contributed by atoms with van der Waals surface area (Å²) in [5.74, 6) is 0.810. The zero-order valence-corrected chi connectivity index (χ0v) is 10.3. The van der Waals surface area contributed by atoms with E-state index < -0.39 is 15.1 Å². The summed E-state index contributed by atoms with van der Waals surface area (Å²) in [6.45, 7) is 0.275. The SMILES string of the molecule is Cl.NCc1ncc(C2CCCS2(=O)=O)cn1. The smallest absolute Gasteiger partial charge is 0.157 e. The molecule has 1 aliphatic rings. The Kier molecular flexibility index (Phi) is 4.23. The van der Waals surface area contributed by atoms with Gasteiger partial charge in [-0.3, -0.25) is 0 Å². The van der Waals surface area contributed by atoms with Crippen molar-refractivity contribution in [2.75, 3.05) is 5.75 Å². The number of halogens is 1. The Morgan fingerprint density at radius 1 is 1.38 bits per heavy atom. The second-order valence-electron chi connectivity index (χ2n) is 3.63. The summed E-state index contributed by atoms with van der Waals surface area (Å²) in [7, 11) is -2.97. The number of sulfone groups is 1. The molecular formula is C9H14ClN3O2S. The van der Waals surface area contributed by atoms with Crippen LogP contribution >= 0.6 is 12.4 Å². The molecule has 0 bridgehead atoms. The number of aromatic nitrogens is 2. The van der Waals surface area contributed by atoms with E-state index >= 15 is 0 Å². The Morgan fingerprint density at radius 2 is 2.00 bits per heavy atom. The molecule has 1 unspecified atom stereocenters. The van der Waals surface area contributed by atoms with Gasteiger partial charge in [-0.1, -0.05) is 0 Å². The highest BCUT2D eigenvalue weighted by molar-refractivity contribution is 7.91. The van der Waals surface area contributed by atoms with Gasteiger partial charge < -0.3 is 5.73 Å². The van der Waals surface area contributed by atoms with Crippen LogP contribution < -0.4 is 5.73 Å². The van der Waals surface area contributed by atoms with Crippen LogP contribution in [0.4, 0.5) is 0 Å². The van der Waals surface area contributed by atoms with Crippen LogP contribution in [0, 0.1) is 0 Å². The molecule has 7 heteroatoms. The zero-order valence-electron chi connectivity index (χ0n) is 8.67. The van der Waals surface area contributed by atoms with Crippen molar-refractivity contribution in [1.82, 2.24) is 9.97 Å². The first-order valence-corrected chi connectivity index (χ1v) is 6.57. The second-order valence-corrected chi connectivity index (χ2v) is 5.94. The molecule has 0 aliphatic carbocycles. The molecule has 1 saturated heterocycles. The lowest BCUT2D eigenvalue weighted by molar-refractivity contribution is 0.591. The van der Waals surface area contributed by atoms with E-state index in [4.69, 9.17) is 5.73 Å². The Bertz CT molecular complexity index is 446. The van der Waals surface area contributed by atoms with Crippen LogP contribution in [0.1, 0.15) is 29.5 Å². The van der Waals surface area contributed by atoms with E-state index in [0.29, 0.717) is 17.8 Å². The molecule has 1 aromatic heterocycles. The molecule has 0 amide bonds. The lowest BCUT2D eigenvalue weighted by Crippen LogP contribution is -2.10. The average Bonchev–Trinajstić information content (AvgIpc) is 2.58. The maximum absolute atomic E-state index is 11.6. The molecule has 0 aromatic carbocycles. The molecule has 5 nitrogen and oxygen atoms in total. The van der Waals surface area contributed by atoms with Gasteiger partial charge in [0.05, 0.1) is 17.5 Å². The van der Waals surface area contributed by atoms with E-state index in [1.807, 2.05) is 0 Å². The van der Waals surface area contributed by atoms with Crippen molar-refractivity contribution in [3.8, 4) is 0 Å². The van der Waals surface area contributed by atoms with Crippen LogP contribution in [-0.4, -0.2) is 24.1 Å². The maximum atomic E-state index is 11.6. The summed E-state index contributed by atoms with van der Waals surface area (Å²) in [5.41, 5.74) is 6.05. The normalized spacial score (nSPS) is 22.7. The predicted molar refractivity (Wildman–Crippen MR) is 62.9 cm³/mol. The van der Waals surface area contributed by atoms with Gasteiger partial charge in [-0.05, 0) is 12.8 Å². The van der Waals surface area contributed by atoms with Crippen molar-refractivity contribution >= 4 is 22.2 Å². The summed E-state index contributed by atoms with van der Waals surface area (Å²) < 4.78 is 23.3. The molecule has 1 aliphatic heterocycles. The number of nitrogens with zero attached hydrogens (tertiary/aromatic N) is 2. The van der Waals surface area contributed by atoms with Crippen molar-refractivity contribution < 1.29 is 8.42 Å². The summed E-state index contributed by atoms with van der Waals surface area (Å²) in [6, 6.07) is 0. The van der Waals surface area contributed by atoms with Crippen LogP contribution in [-0.2, 0) is 16.4 Å². The highest BCUT2D eigenvalue weighted by atomic mass is 35.5. The molecular weight excluding hydrogens is 250 g/mol. The molecule has 16 heavy (non-hydrogen) atoms. The number of nitrogens with two attached hydrogens (primary N) is 1. The minimum absolute atomic E-state index is 0. The quantitative estimate of drug-likeness (QED) is 0.845. The van der Waals surface area contributed by atoms with Gasteiger partial charge in [-0.15, -0.1) is 12.4 Å². The molecule has 2 N–H and O–H groups in total. The first kappa shape index (κ1) is 13.3. The molecule has 1 fully saturated rings. The lowest BCUT2D eigenvalue weighted by atomic mass is 10.1. The van der Waals surface area contributed by atoms with Gasteiger partial charge in [0.2, 0.25) is 0 Å². The first-order chi connectivity index (χ1) is 7.13. The van der Waals surface area contributed by atoms with E-state index in [1.54, 1.807) is 12.4 Å². The monoisotopic (exact) mass is 263 g/mol. The molecule has 0 spiro atoms. The average molecular weight is 264 g/mol. The van der Waals surface area contributed by atoms with Crippen LogP contribution in [0.3, 0.4) is 0 Å². The van der Waals surface area contributed by atoms with Crippen molar-refractivity contribution in [2.45, 2.75) is 24.6 Å². The summed E-state index contributed by atoms with van der Waals surface area (Å²) in [4.78, 5) is 8.01. The minimum Gasteiger partial charge on any atom is -0.324 e. The van der Waals surface area contributed by atoms with Crippen LogP contribution in [0.5, 0.6) is 0 Å². The number of hydrogen-bond acceptors (Lipinski definition) is 5. The number of hydrogen-bond donors (Lipinski definition) is 1. The minimum atomic E-state index is -2.97. The maximum Gasteiger partial charge on any atom is 0.157 e. The van der Waals surface area contributed by atoms with Crippen molar-refractivity contribution in [3.05, 3.63) is 23.8 Å². The van der Waals surface area contributed by atoms with Gasteiger partial charge in [-0.2, -0.15) is 0 Å². The topological polar surface area (TPSA) is 85.9 Å². The van der Waals surface area contributed by atoms with E-state index in [0.717, 1.165) is 6.42 Å². The molecule has 0 radical (unpaired) electrons. The third-order valence-electron chi connectivity index (χ3n) is 2.61. The van der Waals surface area contributed by atoms with Gasteiger partial charge in [0.1, 0.15) is 5.82 Å². The fourth-order valence-electron chi connectivity index (χ4n) is 1.80. The summed E-state index contributed by atoms with van der Waals surface area (Å²) in [5, 5.41) is -0.413. The second kappa shape index (κ2) is 5.07. The van der Waals surface area contributed by atoms with E-state index in [9.17, 15) is 8.42 Å². The largest absolute Gasteiger partial charge is 0.324 e. The molecule has 0 saturated carbocycles. The van der Waals surface area contributed by atoms with Crippen LogP contribution in [0.25, 0.3) is 0 Å². The Balaban J connectivity index is 0.00000128. The highest BCUT2D eigenvalue weighted by Gasteiger charge is 2.32. The Morgan fingerprint density at radius 3 is 2.44 bits per heavy atom. The van der Waals surface area contributed by atoms with Crippen LogP contribution in [0.15, 0.2) is 12.4 Å². The molecule has 2 rings (SSSR count). The Labute approximate surface area is 101 Å². The van der Waals surface area contributed by atoms with Gasteiger partial charge in [0.25, 0.3) is 0 Å². The zero-order chi connectivity index (χ0) is 10.9. The number of rotatable bonds is 2. The molecule has 1 atom stereocenters. The van der Waals surface area contributed by atoms with Gasteiger partial charge >= 0.3 is 0 Å². The lowest BCUT2D eigenvalue weighted by Gasteiger charge is -2.08. The van der Waals surface area contributed by atoms with Gasteiger partial charge in [0, 0.05) is 18.0 Å². The van der Waals surface area contributed by atoms with E-state index in [1.165, 1.54) is 0 Å². The van der Waals surface area contributed by atoms with E-state index in [2.05, 4.69) is 9.97 Å². The highest BCUT2D eigenvalue weighted by Crippen LogP contribution is 2.33. The van der Waals surface area contributed by atoms with Crippen molar-refractivity contribution in [3.63, 3.8) is 0 Å². The van der Waals surface area contributed by atoms with Gasteiger partial charge in [0.15, 0.2) is 9.84 Å². The summed E-state index contributed by atoms with van der Waals surface area (Å²) >= 11 is 0. The van der Waals surface area contributed by atoms with Gasteiger partial charge in [-0.25, -0.2) is 18.4 Å². The van der Waals surface area contributed by atoms with Crippen molar-refractivity contribution in [1.29, 1.82) is 0 Å². The summed E-state index contributed by atoms with van der Waals surface area (Å²) in [6.07, 6.45) is 4.55. The third kappa shape index (κ3) is 2.50. The predicted octanol–water partition coefficient (Wildman–Crippen LogP) is 0.607. The standard InChI is InChI=1S/C9H13N3O2S.ClH/c10-4-9-11-5-7(6-12-9)8-2-1-3-15(8,13)14;/h5-6,8H,1-4,10H2;1H.